The second kappa shape index (κ2) is 7.28. The van der Waals surface area contributed by atoms with Gasteiger partial charge in [0.2, 0.25) is 5.91 Å². The molecule has 3 nitrogen and oxygen atoms in total. The summed E-state index contributed by atoms with van der Waals surface area (Å²) in [5, 5.41) is 11.7. The maximum atomic E-state index is 13.1. The fraction of sp³-hybridized carbons (Fsp3) is 0.500. The largest absolute Gasteiger partial charge is 0.394 e. The van der Waals surface area contributed by atoms with E-state index in [2.05, 4.69) is 5.32 Å². The normalized spacial score (nSPS) is 13.9. The molecule has 1 rings (SSSR count). The summed E-state index contributed by atoms with van der Waals surface area (Å²) in [6.07, 6.45) is 1.07. The molecular weight excluding hydrogens is 271 g/mol. The van der Waals surface area contributed by atoms with Crippen LogP contribution in [-0.4, -0.2) is 17.6 Å². The molecule has 1 aromatic carbocycles. The molecule has 0 aliphatic heterocycles. The number of halogens is 3. The number of hydrogen-bond donors (Lipinski definition) is 2. The maximum absolute atomic E-state index is 13.1. The molecule has 0 heterocycles. The lowest BCUT2D eigenvalue weighted by atomic mass is 10.0. The van der Waals surface area contributed by atoms with E-state index in [9.17, 15) is 23.1 Å². The van der Waals surface area contributed by atoms with Crippen molar-refractivity contribution in [1.82, 2.24) is 5.32 Å². The third-order valence-electron chi connectivity index (χ3n) is 3.16. The Morgan fingerprint density at radius 2 is 1.85 bits per heavy atom. The van der Waals surface area contributed by atoms with E-state index in [1.54, 1.807) is 0 Å². The van der Waals surface area contributed by atoms with Crippen molar-refractivity contribution in [2.75, 3.05) is 6.61 Å². The molecule has 0 aromatic heterocycles. The second-order valence-corrected chi connectivity index (χ2v) is 4.82. The van der Waals surface area contributed by atoms with Crippen molar-refractivity contribution < 1.29 is 23.1 Å². The summed E-state index contributed by atoms with van der Waals surface area (Å²) in [6, 6.07) is 0.571. The lowest BCUT2D eigenvalue weighted by molar-refractivity contribution is -0.123. The van der Waals surface area contributed by atoms with E-state index in [0.717, 1.165) is 18.6 Å². The SMILES string of the molecule is CC[C@H](C)CC(=O)N[C@H](CO)c1cc(F)c(F)c(F)c1. The molecule has 0 radical (unpaired) electrons. The van der Waals surface area contributed by atoms with E-state index >= 15 is 0 Å². The van der Waals surface area contributed by atoms with Crippen molar-refractivity contribution in [3.63, 3.8) is 0 Å². The van der Waals surface area contributed by atoms with Crippen molar-refractivity contribution >= 4 is 5.91 Å². The van der Waals surface area contributed by atoms with Crippen LogP contribution in [0.15, 0.2) is 12.1 Å². The third-order valence-corrected chi connectivity index (χ3v) is 3.16. The number of carbonyl (C=O) groups is 1. The Balaban J connectivity index is 2.83. The number of hydrogen-bond acceptors (Lipinski definition) is 2. The zero-order chi connectivity index (χ0) is 15.3. The summed E-state index contributed by atoms with van der Waals surface area (Å²) in [5.41, 5.74) is -0.0126. The van der Waals surface area contributed by atoms with Crippen molar-refractivity contribution in [2.45, 2.75) is 32.7 Å². The minimum atomic E-state index is -1.57. The van der Waals surface area contributed by atoms with E-state index < -0.39 is 30.1 Å². The predicted octanol–water partition coefficient (Wildman–Crippen LogP) is 2.69. The molecule has 6 heteroatoms. The lowest BCUT2D eigenvalue weighted by Crippen LogP contribution is -2.31. The number of aliphatic hydroxyl groups excluding tert-OH is 1. The minimum Gasteiger partial charge on any atom is -0.394 e. The highest BCUT2D eigenvalue weighted by Crippen LogP contribution is 2.19. The van der Waals surface area contributed by atoms with Gasteiger partial charge in [0.25, 0.3) is 0 Å². The Morgan fingerprint density at radius 1 is 1.30 bits per heavy atom. The Bertz CT molecular complexity index is 456. The molecule has 2 atom stereocenters. The summed E-state index contributed by atoms with van der Waals surface area (Å²) < 4.78 is 39.1. The highest BCUT2D eigenvalue weighted by Gasteiger charge is 2.19. The Hall–Kier alpha value is -1.56. The van der Waals surface area contributed by atoms with Crippen molar-refractivity contribution in [1.29, 1.82) is 0 Å². The Labute approximate surface area is 115 Å². The van der Waals surface area contributed by atoms with Crippen LogP contribution in [0, 0.1) is 23.4 Å². The average molecular weight is 289 g/mol. The van der Waals surface area contributed by atoms with E-state index in [0.29, 0.717) is 0 Å². The van der Waals surface area contributed by atoms with Gasteiger partial charge >= 0.3 is 0 Å². The van der Waals surface area contributed by atoms with Gasteiger partial charge < -0.3 is 10.4 Å². The molecule has 0 unspecified atom stereocenters. The third kappa shape index (κ3) is 4.23. The number of carbonyl (C=O) groups excluding carboxylic acids is 1. The van der Waals surface area contributed by atoms with Gasteiger partial charge in [-0.25, -0.2) is 13.2 Å². The topological polar surface area (TPSA) is 49.3 Å². The first-order valence-electron chi connectivity index (χ1n) is 6.43. The predicted molar refractivity (Wildman–Crippen MR) is 68.4 cm³/mol. The molecule has 0 spiro atoms. The van der Waals surface area contributed by atoms with Crippen LogP contribution >= 0.6 is 0 Å². The van der Waals surface area contributed by atoms with Crippen LogP contribution in [0.4, 0.5) is 13.2 Å². The monoisotopic (exact) mass is 289 g/mol. The van der Waals surface area contributed by atoms with Crippen molar-refractivity contribution in [2.24, 2.45) is 5.92 Å². The zero-order valence-electron chi connectivity index (χ0n) is 11.4. The lowest BCUT2D eigenvalue weighted by Gasteiger charge is -2.18. The van der Waals surface area contributed by atoms with Gasteiger partial charge in [-0.15, -0.1) is 0 Å². The van der Waals surface area contributed by atoms with E-state index in [1.807, 2.05) is 13.8 Å². The van der Waals surface area contributed by atoms with Gasteiger partial charge in [0.15, 0.2) is 17.5 Å². The van der Waals surface area contributed by atoms with Crippen LogP contribution in [0.3, 0.4) is 0 Å². The van der Waals surface area contributed by atoms with Crippen LogP contribution < -0.4 is 5.32 Å². The quantitative estimate of drug-likeness (QED) is 0.791. The van der Waals surface area contributed by atoms with Crippen LogP contribution in [0.2, 0.25) is 0 Å². The van der Waals surface area contributed by atoms with E-state index in [-0.39, 0.29) is 23.8 Å². The standard InChI is InChI=1S/C14H18F3NO2/c1-3-8(2)4-13(20)18-12(7-19)9-5-10(15)14(17)11(16)6-9/h5-6,8,12,19H,3-4,7H2,1-2H3,(H,18,20)/t8-,12+/m0/s1. The molecule has 1 aromatic rings. The molecule has 20 heavy (non-hydrogen) atoms. The molecule has 1 amide bonds. The van der Waals surface area contributed by atoms with Gasteiger partial charge in [-0.05, 0) is 23.6 Å². The maximum Gasteiger partial charge on any atom is 0.220 e. The molecule has 2 N–H and O–H groups in total. The molecule has 0 fully saturated rings. The Kier molecular flexibility index (Phi) is 6.01. The molecule has 0 aliphatic rings. The van der Waals surface area contributed by atoms with Gasteiger partial charge in [0.05, 0.1) is 12.6 Å². The highest BCUT2D eigenvalue weighted by atomic mass is 19.2. The summed E-state index contributed by atoms with van der Waals surface area (Å²) in [7, 11) is 0. The number of rotatable bonds is 6. The second-order valence-electron chi connectivity index (χ2n) is 4.82. The first-order chi connectivity index (χ1) is 9.38. The first kappa shape index (κ1) is 16.5. The first-order valence-corrected chi connectivity index (χ1v) is 6.43. The summed E-state index contributed by atoms with van der Waals surface area (Å²) in [5.74, 6) is -4.44. The Morgan fingerprint density at radius 3 is 2.30 bits per heavy atom. The van der Waals surface area contributed by atoms with Crippen LogP contribution in [0.1, 0.15) is 38.3 Å². The van der Waals surface area contributed by atoms with Gasteiger partial charge in [-0.2, -0.15) is 0 Å². The fourth-order valence-electron chi connectivity index (χ4n) is 1.72. The average Bonchev–Trinajstić information content (AvgIpc) is 2.41. The van der Waals surface area contributed by atoms with Gasteiger partial charge in [-0.1, -0.05) is 20.3 Å². The number of nitrogens with one attached hydrogen (secondary N) is 1. The van der Waals surface area contributed by atoms with E-state index in [1.165, 1.54) is 0 Å². The number of benzene rings is 1. The fourth-order valence-corrected chi connectivity index (χ4v) is 1.72. The van der Waals surface area contributed by atoms with Gasteiger partial charge in [-0.3, -0.25) is 4.79 Å². The molecular formula is C14H18F3NO2. The summed E-state index contributed by atoms with van der Waals surface area (Å²) >= 11 is 0. The smallest absolute Gasteiger partial charge is 0.220 e. The van der Waals surface area contributed by atoms with E-state index in [4.69, 9.17) is 0 Å². The number of amides is 1. The van der Waals surface area contributed by atoms with Crippen molar-refractivity contribution in [3.8, 4) is 0 Å². The summed E-state index contributed by atoms with van der Waals surface area (Å²) in [6.45, 7) is 3.30. The highest BCUT2D eigenvalue weighted by molar-refractivity contribution is 5.76. The molecule has 0 bridgehead atoms. The minimum absolute atomic E-state index is 0.0126. The van der Waals surface area contributed by atoms with Crippen molar-refractivity contribution in [3.05, 3.63) is 35.1 Å². The van der Waals surface area contributed by atoms with Crippen LogP contribution in [0.5, 0.6) is 0 Å². The van der Waals surface area contributed by atoms with Crippen LogP contribution in [0.25, 0.3) is 0 Å². The molecule has 112 valence electrons. The van der Waals surface area contributed by atoms with Crippen LogP contribution in [-0.2, 0) is 4.79 Å². The molecule has 0 saturated heterocycles. The molecule has 0 saturated carbocycles. The zero-order valence-corrected chi connectivity index (χ0v) is 11.4. The number of aliphatic hydroxyl groups is 1. The molecule has 0 aliphatic carbocycles. The van der Waals surface area contributed by atoms with Gasteiger partial charge in [0, 0.05) is 6.42 Å². The summed E-state index contributed by atoms with van der Waals surface area (Å²) in [4.78, 5) is 11.7. The van der Waals surface area contributed by atoms with Gasteiger partial charge in [0.1, 0.15) is 0 Å².